The highest BCUT2D eigenvalue weighted by Crippen LogP contribution is 2.35. The number of halogens is 5. The molecule has 1 heterocycles. The standard InChI is InChI=1S/C14H15F5N2O2/c1-21-5-6-23-10(7-21)13(22)20-12(14(17,18)19)11-8(15)3-2-4-9(11)16/h2-4,10,12H,5-7H2,1H3,(H,20,22)/t10-,12-/m0/s1. The molecule has 0 bridgehead atoms. The molecule has 0 aliphatic carbocycles. The van der Waals surface area contributed by atoms with Gasteiger partial charge in [0, 0.05) is 13.1 Å². The fourth-order valence-corrected chi connectivity index (χ4v) is 2.28. The number of likely N-dealkylation sites (N-methyl/N-ethyl adjacent to an activating group) is 1. The van der Waals surface area contributed by atoms with Gasteiger partial charge in [0.25, 0.3) is 5.91 Å². The van der Waals surface area contributed by atoms with Crippen LogP contribution < -0.4 is 5.32 Å². The third-order valence-electron chi connectivity index (χ3n) is 3.46. The van der Waals surface area contributed by atoms with E-state index < -0.39 is 41.4 Å². The van der Waals surface area contributed by atoms with Gasteiger partial charge in [0.1, 0.15) is 17.7 Å². The largest absolute Gasteiger partial charge is 0.413 e. The highest BCUT2D eigenvalue weighted by Gasteiger charge is 2.45. The first-order valence-corrected chi connectivity index (χ1v) is 6.81. The zero-order valence-electron chi connectivity index (χ0n) is 12.2. The Morgan fingerprint density at radius 1 is 1.35 bits per heavy atom. The molecular formula is C14H15F5N2O2. The molecule has 0 radical (unpaired) electrons. The molecule has 2 atom stereocenters. The summed E-state index contributed by atoms with van der Waals surface area (Å²) in [6.07, 6.45) is -6.19. The number of rotatable bonds is 3. The summed E-state index contributed by atoms with van der Waals surface area (Å²) in [5.74, 6) is -3.83. The first kappa shape index (κ1) is 17.6. The molecule has 1 aromatic rings. The number of carbonyl (C=O) groups excluding carboxylic acids is 1. The van der Waals surface area contributed by atoms with Crippen LogP contribution in [-0.2, 0) is 9.53 Å². The van der Waals surface area contributed by atoms with Gasteiger partial charge in [-0.1, -0.05) is 6.07 Å². The van der Waals surface area contributed by atoms with E-state index in [1.807, 2.05) is 0 Å². The quantitative estimate of drug-likeness (QED) is 0.858. The molecule has 128 valence electrons. The second-order valence-corrected chi connectivity index (χ2v) is 5.24. The fraction of sp³-hybridized carbons (Fsp3) is 0.500. The Hall–Kier alpha value is -1.74. The van der Waals surface area contributed by atoms with E-state index in [2.05, 4.69) is 0 Å². The third kappa shape index (κ3) is 4.17. The lowest BCUT2D eigenvalue weighted by atomic mass is 10.0. The molecule has 1 aromatic carbocycles. The Morgan fingerprint density at radius 3 is 2.48 bits per heavy atom. The average Bonchev–Trinajstić information content (AvgIpc) is 2.44. The van der Waals surface area contributed by atoms with Crippen LogP contribution in [0.2, 0.25) is 0 Å². The number of alkyl halides is 3. The van der Waals surface area contributed by atoms with Crippen molar-refractivity contribution in [2.24, 2.45) is 0 Å². The van der Waals surface area contributed by atoms with Crippen LogP contribution in [-0.4, -0.2) is 49.8 Å². The first-order valence-electron chi connectivity index (χ1n) is 6.81. The topological polar surface area (TPSA) is 41.6 Å². The van der Waals surface area contributed by atoms with Crippen LogP contribution in [0.5, 0.6) is 0 Å². The maximum absolute atomic E-state index is 13.7. The Morgan fingerprint density at radius 2 is 1.96 bits per heavy atom. The average molecular weight is 338 g/mol. The van der Waals surface area contributed by atoms with Crippen LogP contribution in [0.3, 0.4) is 0 Å². The van der Waals surface area contributed by atoms with Gasteiger partial charge in [0.2, 0.25) is 0 Å². The monoisotopic (exact) mass is 338 g/mol. The van der Waals surface area contributed by atoms with Crippen molar-refractivity contribution in [1.82, 2.24) is 10.2 Å². The van der Waals surface area contributed by atoms with E-state index in [1.165, 1.54) is 0 Å². The lowest BCUT2D eigenvalue weighted by Gasteiger charge is -2.31. The van der Waals surface area contributed by atoms with Gasteiger partial charge >= 0.3 is 6.18 Å². The number of nitrogens with one attached hydrogen (secondary N) is 1. The molecular weight excluding hydrogens is 323 g/mol. The summed E-state index contributed by atoms with van der Waals surface area (Å²) in [4.78, 5) is 13.7. The summed E-state index contributed by atoms with van der Waals surface area (Å²) in [7, 11) is 1.68. The van der Waals surface area contributed by atoms with Gasteiger partial charge in [-0.3, -0.25) is 4.79 Å². The third-order valence-corrected chi connectivity index (χ3v) is 3.46. The van der Waals surface area contributed by atoms with Gasteiger partial charge in [-0.2, -0.15) is 13.2 Å². The number of amides is 1. The molecule has 9 heteroatoms. The van der Waals surface area contributed by atoms with E-state index in [1.54, 1.807) is 17.3 Å². The predicted octanol–water partition coefficient (Wildman–Crippen LogP) is 2.01. The van der Waals surface area contributed by atoms with Crippen LogP contribution in [0.15, 0.2) is 18.2 Å². The molecule has 23 heavy (non-hydrogen) atoms. The Labute approximate surface area is 129 Å². The van der Waals surface area contributed by atoms with Gasteiger partial charge in [-0.25, -0.2) is 8.78 Å². The van der Waals surface area contributed by atoms with E-state index in [-0.39, 0.29) is 13.2 Å². The van der Waals surface area contributed by atoms with E-state index in [0.29, 0.717) is 18.7 Å². The summed E-state index contributed by atoms with van der Waals surface area (Å²) < 4.78 is 71.9. The molecule has 0 saturated carbocycles. The lowest BCUT2D eigenvalue weighted by molar-refractivity contribution is -0.169. The Kier molecular flexibility index (Phi) is 5.20. The number of hydrogen-bond acceptors (Lipinski definition) is 3. The van der Waals surface area contributed by atoms with Crippen LogP contribution in [0.25, 0.3) is 0 Å². The summed E-state index contributed by atoms with van der Waals surface area (Å²) in [5, 5.41) is 1.65. The smallest absolute Gasteiger partial charge is 0.366 e. The van der Waals surface area contributed by atoms with E-state index in [9.17, 15) is 26.7 Å². The van der Waals surface area contributed by atoms with E-state index >= 15 is 0 Å². The molecule has 1 saturated heterocycles. The minimum absolute atomic E-state index is 0.0934. The zero-order chi connectivity index (χ0) is 17.2. The second-order valence-electron chi connectivity index (χ2n) is 5.24. The van der Waals surface area contributed by atoms with Crippen LogP contribution in [0.1, 0.15) is 11.6 Å². The summed E-state index contributed by atoms with van der Waals surface area (Å²) in [5.41, 5.74) is -1.24. The minimum atomic E-state index is -5.06. The van der Waals surface area contributed by atoms with Gasteiger partial charge in [0.05, 0.1) is 12.2 Å². The zero-order valence-corrected chi connectivity index (χ0v) is 12.2. The van der Waals surface area contributed by atoms with Crippen molar-refractivity contribution in [2.45, 2.75) is 18.3 Å². The van der Waals surface area contributed by atoms with Crippen molar-refractivity contribution in [2.75, 3.05) is 26.7 Å². The molecule has 0 spiro atoms. The van der Waals surface area contributed by atoms with Gasteiger partial charge in [0.15, 0.2) is 6.04 Å². The number of ether oxygens (including phenoxy) is 1. The number of hydrogen-bond donors (Lipinski definition) is 1. The second kappa shape index (κ2) is 6.79. The fourth-order valence-electron chi connectivity index (χ4n) is 2.28. The van der Waals surface area contributed by atoms with Gasteiger partial charge in [-0.05, 0) is 19.2 Å². The predicted molar refractivity (Wildman–Crippen MR) is 70.5 cm³/mol. The maximum atomic E-state index is 13.7. The molecule has 4 nitrogen and oxygen atoms in total. The molecule has 0 unspecified atom stereocenters. The first-order chi connectivity index (χ1) is 10.7. The van der Waals surface area contributed by atoms with Crippen LogP contribution in [0.4, 0.5) is 22.0 Å². The van der Waals surface area contributed by atoms with Gasteiger partial charge < -0.3 is 15.0 Å². The van der Waals surface area contributed by atoms with Crippen LogP contribution in [0, 0.1) is 11.6 Å². The minimum Gasteiger partial charge on any atom is -0.366 e. The normalized spacial score (nSPS) is 21.0. The van der Waals surface area contributed by atoms with E-state index in [4.69, 9.17) is 4.74 Å². The number of morpholine rings is 1. The van der Waals surface area contributed by atoms with Crippen LogP contribution >= 0.6 is 0 Å². The summed E-state index contributed by atoms with van der Waals surface area (Å²) in [6, 6.07) is -0.433. The molecule has 1 fully saturated rings. The van der Waals surface area contributed by atoms with Crippen molar-refractivity contribution >= 4 is 5.91 Å². The molecule has 1 aliphatic heterocycles. The molecule has 0 aromatic heterocycles. The summed E-state index contributed by atoms with van der Waals surface area (Å²) in [6.45, 7) is 0.809. The highest BCUT2D eigenvalue weighted by atomic mass is 19.4. The summed E-state index contributed by atoms with van der Waals surface area (Å²) >= 11 is 0. The molecule has 1 amide bonds. The molecule has 1 N–H and O–H groups in total. The highest BCUT2D eigenvalue weighted by molar-refractivity contribution is 5.81. The van der Waals surface area contributed by atoms with Crippen molar-refractivity contribution in [3.8, 4) is 0 Å². The number of carbonyl (C=O) groups is 1. The SMILES string of the molecule is CN1CCO[C@H](C(=O)N[C@@H](c2c(F)cccc2F)C(F)(F)F)C1. The molecule has 1 aliphatic rings. The van der Waals surface area contributed by atoms with E-state index in [0.717, 1.165) is 6.07 Å². The molecule has 2 rings (SSSR count). The Balaban J connectivity index is 2.25. The van der Waals surface area contributed by atoms with Crippen molar-refractivity contribution in [3.05, 3.63) is 35.4 Å². The van der Waals surface area contributed by atoms with Crippen molar-refractivity contribution in [1.29, 1.82) is 0 Å². The van der Waals surface area contributed by atoms with Gasteiger partial charge in [-0.15, -0.1) is 0 Å². The Bertz CT molecular complexity index is 559. The number of benzene rings is 1. The lowest BCUT2D eigenvalue weighted by Crippen LogP contribution is -2.51. The van der Waals surface area contributed by atoms with Crippen molar-refractivity contribution in [3.63, 3.8) is 0 Å². The maximum Gasteiger partial charge on any atom is 0.413 e. The number of nitrogens with zero attached hydrogens (tertiary/aromatic N) is 1. The van der Waals surface area contributed by atoms with Crippen molar-refractivity contribution < 1.29 is 31.5 Å².